The summed E-state index contributed by atoms with van der Waals surface area (Å²) in [5, 5.41) is 166. The van der Waals surface area contributed by atoms with Crippen LogP contribution in [0.25, 0.3) is 0 Å². The Morgan fingerprint density at radius 3 is 1.11 bits per heavy atom. The number of alkyl carbamates (subject to hydrolysis) is 3. The van der Waals surface area contributed by atoms with Crippen molar-refractivity contribution < 1.29 is 212 Å². The van der Waals surface area contributed by atoms with E-state index in [9.17, 15) is 105 Å². The lowest BCUT2D eigenvalue weighted by Crippen LogP contribution is -2.51. The van der Waals surface area contributed by atoms with E-state index in [0.717, 1.165) is 30.4 Å². The van der Waals surface area contributed by atoms with Gasteiger partial charge in [-0.25, -0.2) is 33.6 Å². The van der Waals surface area contributed by atoms with Crippen LogP contribution in [0.2, 0.25) is 0 Å². The first kappa shape index (κ1) is 131. The highest BCUT2D eigenvalue weighted by Crippen LogP contribution is 2.31. The van der Waals surface area contributed by atoms with Gasteiger partial charge in [-0.15, -0.1) is 0 Å². The molecule has 792 valence electrons. The number of aliphatic hydroxyl groups is 2. The summed E-state index contributed by atoms with van der Waals surface area (Å²) in [5.74, 6) is -32.7. The highest BCUT2D eigenvalue weighted by atomic mass is 16.6. The third kappa shape index (κ3) is 66.3. The van der Waals surface area contributed by atoms with Gasteiger partial charge in [0.2, 0.25) is 17.7 Å². The molecule has 0 fully saturated rings. The van der Waals surface area contributed by atoms with E-state index in [2.05, 4.69) is 28.2 Å². The number of carbonyl (C=O) groups is 22. The average Bonchev–Trinajstić information content (AvgIpc) is 0.828. The second-order valence-corrected chi connectivity index (χ2v) is 32.7. The fraction of sp³-hybridized carbons (Fsp3) is 0.527. The normalized spacial score (nSPS) is 15.0. The molecule has 0 saturated heterocycles. The molecule has 0 saturated carbocycles. The van der Waals surface area contributed by atoms with Crippen LogP contribution >= 0.6 is 0 Å². The molecule has 0 heterocycles. The predicted molar refractivity (Wildman–Crippen MR) is 493 cm³/mol. The lowest BCUT2D eigenvalue weighted by Gasteiger charge is -2.26. The van der Waals surface area contributed by atoms with Crippen molar-refractivity contribution in [3.63, 3.8) is 0 Å². The number of carboxylic acids is 16. The number of amides is 6. The maximum atomic E-state index is 11.8. The zero-order chi connectivity index (χ0) is 109. The van der Waals surface area contributed by atoms with E-state index in [1.54, 1.807) is 137 Å². The summed E-state index contributed by atoms with van der Waals surface area (Å²) in [7, 11) is 0. The van der Waals surface area contributed by atoms with Crippen molar-refractivity contribution in [1.29, 1.82) is 0 Å². The van der Waals surface area contributed by atoms with Crippen LogP contribution in [0.5, 0.6) is 0 Å². The van der Waals surface area contributed by atoms with E-state index >= 15 is 0 Å². The number of ether oxygens (including phenoxy) is 3. The lowest BCUT2D eigenvalue weighted by molar-refractivity contribution is -0.216. The van der Waals surface area contributed by atoms with Gasteiger partial charge in [0.25, 0.3) is 0 Å². The number of hydrogen-bond donors (Lipinski definition) is 24. The SMILES string of the molecule is CC(C)(C)OC(=O)NCC(=O)N[C@@H](CC(=O)O)C(=O)O.CC1C=CCC(C(=O)O)C1C(=O)O.CCCCCCCCCCCCCCCCCCC(CC(=O)O)C(=O)O.C[C@H](NC(=O)OCc1ccccc1)C(=O)N[C@@H](CC(=O)O)C(=O)O.O=C(O)C(Cc1ccccc1)C(=O)O.O=C(O)C(O)(O)C(=O)O.O=C(O)CC[C@H](NC(=O)OCc1ccccc1)C(=O)NCC(=O)O.O=C(O)[C@H]1CC=CC[C@H]1C(=O)O. The molecule has 0 aromatic heterocycles. The van der Waals surface area contributed by atoms with E-state index in [1.807, 2.05) is 16.7 Å². The van der Waals surface area contributed by atoms with Crippen molar-refractivity contribution in [3.8, 4) is 0 Å². The van der Waals surface area contributed by atoms with Crippen molar-refractivity contribution in [2.75, 3.05) is 13.1 Å². The van der Waals surface area contributed by atoms with Gasteiger partial charge in [-0.2, -0.15) is 0 Å². The first-order chi connectivity index (χ1) is 66.4. The Morgan fingerprint density at radius 2 is 0.768 bits per heavy atom. The Labute approximate surface area is 815 Å². The lowest BCUT2D eigenvalue weighted by atomic mass is 9.77. The van der Waals surface area contributed by atoms with Crippen LogP contribution in [0.3, 0.4) is 0 Å². The molecule has 2 aliphatic carbocycles. The maximum absolute atomic E-state index is 11.8. The van der Waals surface area contributed by atoms with Crippen molar-refractivity contribution in [3.05, 3.63) is 132 Å². The summed E-state index contributed by atoms with van der Waals surface area (Å²) in [4.78, 5) is 238. The first-order valence-corrected chi connectivity index (χ1v) is 44.6. The van der Waals surface area contributed by atoms with E-state index in [-0.39, 0.29) is 44.8 Å². The average molecular weight is 2020 g/mol. The topological polar surface area (TPSA) is 840 Å². The number of carbonyl (C=O) groups excluding carboxylic acids is 6. The number of allylic oxidation sites excluding steroid dienone is 4. The van der Waals surface area contributed by atoms with Gasteiger partial charge in [0, 0.05) is 6.42 Å². The third-order valence-electron chi connectivity index (χ3n) is 19.8. The van der Waals surface area contributed by atoms with Gasteiger partial charge in [-0.05, 0) is 88.8 Å². The van der Waals surface area contributed by atoms with Gasteiger partial charge in [-0.3, -0.25) is 71.9 Å². The minimum atomic E-state index is -3.67. The van der Waals surface area contributed by atoms with Crippen LogP contribution < -0.4 is 31.9 Å². The van der Waals surface area contributed by atoms with Crippen molar-refractivity contribution in [2.45, 2.75) is 257 Å². The number of benzene rings is 3. The number of unbranched alkanes of at least 4 members (excludes halogenated alkanes) is 15. The monoisotopic (exact) mass is 2020 g/mol. The summed E-state index contributed by atoms with van der Waals surface area (Å²) in [6.07, 6.45) is 24.1. The number of hydrogen-bond acceptors (Lipinski definition) is 27. The van der Waals surface area contributed by atoms with Gasteiger partial charge in [-0.1, -0.05) is 232 Å². The molecule has 0 bridgehead atoms. The molecular formula is C93H132N6O43. The zero-order valence-corrected chi connectivity index (χ0v) is 79.3. The van der Waals surface area contributed by atoms with Crippen molar-refractivity contribution in [2.24, 2.45) is 41.4 Å². The number of nitrogens with one attached hydrogen (secondary N) is 6. The number of carboxylic acid groups (broad SMARTS) is 16. The van der Waals surface area contributed by atoms with Crippen LogP contribution in [-0.4, -0.2) is 272 Å². The quantitative estimate of drug-likeness (QED) is 0.00848. The van der Waals surface area contributed by atoms with E-state index in [0.29, 0.717) is 31.2 Å². The zero-order valence-electron chi connectivity index (χ0n) is 79.3. The van der Waals surface area contributed by atoms with Gasteiger partial charge in [0.05, 0.1) is 48.9 Å². The Hall–Kier alpha value is -15.2. The Balaban J connectivity index is -0.00000159. The van der Waals surface area contributed by atoms with Crippen molar-refractivity contribution >= 4 is 132 Å². The minimum Gasteiger partial charge on any atom is -0.481 e. The summed E-state index contributed by atoms with van der Waals surface area (Å²) >= 11 is 0. The molecule has 0 radical (unpaired) electrons. The Morgan fingerprint density at radius 1 is 0.380 bits per heavy atom. The van der Waals surface area contributed by atoms with Crippen LogP contribution in [0, 0.1) is 41.4 Å². The third-order valence-corrected chi connectivity index (χ3v) is 19.8. The van der Waals surface area contributed by atoms with Crippen LogP contribution in [-0.2, 0) is 125 Å². The standard InChI is InChI=1S/C22H42O4.2C15H18N2O7.C11H18N2O7.C10H10O4.C9H12O4.C8H10O4.C3H4O6/c1-2-3-4-5-6-7-8-9-10-11-12-13-14-15-16-17-18-20(22(25)26)19-21(23)24;1-9(13(20)17-11(14(21)22)7-12(18)19)16-15(23)24-8-10-5-3-2-4-6-10;18-12(19)7-6-11(14(22)16-8-13(20)21)17-15(23)24-9-10-4-2-1-3-5-10;1-11(2,3)20-10(19)12-5-7(14)13-6(9(17)18)4-8(15)16;11-9(12)8(10(13)14)6-7-4-2-1-3-5-7;1-5-3-2-4-6(8(10)11)7(5)9(12)13;9-7(10)5-3-1-2-4-6(5)8(11)12;4-1(5)3(8,9)2(6)7/h20H,2-19H2,1H3,(H,23,24)(H,25,26);2-6,9,11H,7-8H2,1H3,(H,16,23)(H,17,20)(H,18,19)(H,21,22);1-5,11H,6-9H2,(H,16,22)(H,17,23)(H,18,19)(H,20,21);6H,4-5H2,1-3H3,(H,12,19)(H,13,14)(H,15,16)(H,17,18);1-5,8H,6H2,(H,11,12)(H,13,14);2-3,5-7H,4H2,1H3,(H,10,11)(H,12,13);1-2,5-6H,3-4H2,(H,9,10)(H,11,12);8-9H,(H,4,5)(H,6,7)/t;9-,11-;11-;6-;;;5-,6+;/m.000..../s1. The molecule has 3 aromatic rings. The van der Waals surface area contributed by atoms with Gasteiger partial charge < -0.3 is 138 Å². The molecule has 142 heavy (non-hydrogen) atoms. The highest BCUT2D eigenvalue weighted by molar-refractivity contribution is 5.99. The van der Waals surface area contributed by atoms with Gasteiger partial charge in [0.15, 0.2) is 5.92 Å². The van der Waals surface area contributed by atoms with Crippen molar-refractivity contribution in [1.82, 2.24) is 31.9 Å². The number of aliphatic carboxylic acids is 16. The molecule has 2 aliphatic rings. The second-order valence-electron chi connectivity index (χ2n) is 32.7. The summed E-state index contributed by atoms with van der Waals surface area (Å²) < 4.78 is 14.7. The van der Waals surface area contributed by atoms with Gasteiger partial charge in [0.1, 0.15) is 56.1 Å². The minimum absolute atomic E-state index is 0.0117. The number of rotatable bonds is 53. The van der Waals surface area contributed by atoms with E-state index in [1.165, 1.54) is 90.4 Å². The van der Waals surface area contributed by atoms with Crippen LogP contribution in [0.15, 0.2) is 115 Å². The van der Waals surface area contributed by atoms with E-state index < -0.39 is 229 Å². The molecule has 3 aromatic carbocycles. The molecular weight excluding hydrogens is 1890 g/mol. The maximum Gasteiger partial charge on any atom is 0.408 e. The molecule has 49 nitrogen and oxygen atoms in total. The smallest absolute Gasteiger partial charge is 0.408 e. The second kappa shape index (κ2) is 73.9. The summed E-state index contributed by atoms with van der Waals surface area (Å²) in [5.41, 5.74) is 1.48. The molecule has 0 spiro atoms. The fourth-order valence-electron chi connectivity index (χ4n) is 12.3. The first-order valence-electron chi connectivity index (χ1n) is 44.6. The molecule has 6 amide bonds. The Bertz CT molecular complexity index is 4500. The Kier molecular flexibility index (Phi) is 68.2. The molecule has 24 N–H and O–H groups in total. The molecule has 10 atom stereocenters. The largest absolute Gasteiger partial charge is 0.481 e. The summed E-state index contributed by atoms with van der Waals surface area (Å²) in [6.45, 7) is 9.06. The molecule has 0 aliphatic heterocycles. The highest BCUT2D eigenvalue weighted by Gasteiger charge is 2.43. The fourth-order valence-corrected chi connectivity index (χ4v) is 12.3. The van der Waals surface area contributed by atoms with Gasteiger partial charge >= 0.3 is 120 Å². The molecule has 5 rings (SSSR count). The van der Waals surface area contributed by atoms with Crippen LogP contribution in [0.1, 0.15) is 219 Å². The van der Waals surface area contributed by atoms with E-state index in [4.69, 9.17) is 106 Å². The molecule has 4 unspecified atom stereocenters. The predicted octanol–water partition coefficient (Wildman–Crippen LogP) is 7.63. The van der Waals surface area contributed by atoms with Crippen LogP contribution in [0.4, 0.5) is 14.4 Å². The molecule has 49 heteroatoms. The summed E-state index contributed by atoms with van der Waals surface area (Å²) in [6, 6.07) is 21.0.